The molecule has 0 amide bonds. The minimum absolute atomic E-state index is 0.362. The number of pyridine rings is 1. The number of nitrogens with zero attached hydrogens (tertiary/aromatic N) is 2. The SMILES string of the molecule is Cc1cccc(NCc2cncc(F)c2)c1C#N. The molecule has 0 spiro atoms. The van der Waals surface area contributed by atoms with Crippen LogP contribution in [0.2, 0.25) is 0 Å². The van der Waals surface area contributed by atoms with Crippen LogP contribution in [0.25, 0.3) is 0 Å². The molecular formula is C14H12FN3. The summed E-state index contributed by atoms with van der Waals surface area (Å²) in [5.74, 6) is -0.362. The molecule has 0 unspecified atom stereocenters. The van der Waals surface area contributed by atoms with Crippen LogP contribution < -0.4 is 5.32 Å². The average Bonchev–Trinajstić information content (AvgIpc) is 2.36. The van der Waals surface area contributed by atoms with E-state index in [1.807, 2.05) is 25.1 Å². The normalized spacial score (nSPS) is 9.83. The van der Waals surface area contributed by atoms with Crippen molar-refractivity contribution in [2.24, 2.45) is 0 Å². The first kappa shape index (κ1) is 12.1. The molecule has 0 aliphatic heterocycles. The van der Waals surface area contributed by atoms with Crippen LogP contribution in [0.5, 0.6) is 0 Å². The molecule has 0 saturated carbocycles. The summed E-state index contributed by atoms with van der Waals surface area (Å²) in [6, 6.07) is 9.17. The molecule has 1 aromatic carbocycles. The van der Waals surface area contributed by atoms with E-state index in [0.29, 0.717) is 12.1 Å². The second kappa shape index (κ2) is 5.28. The van der Waals surface area contributed by atoms with Gasteiger partial charge in [-0.05, 0) is 30.2 Å². The number of rotatable bonds is 3. The molecule has 0 radical (unpaired) electrons. The van der Waals surface area contributed by atoms with Gasteiger partial charge in [0.05, 0.1) is 17.4 Å². The van der Waals surface area contributed by atoms with Gasteiger partial charge in [0, 0.05) is 12.7 Å². The van der Waals surface area contributed by atoms with Crippen LogP contribution in [0.15, 0.2) is 36.7 Å². The van der Waals surface area contributed by atoms with Crippen LogP contribution in [0.3, 0.4) is 0 Å². The zero-order chi connectivity index (χ0) is 13.0. The highest BCUT2D eigenvalue weighted by Crippen LogP contribution is 2.19. The van der Waals surface area contributed by atoms with Crippen LogP contribution in [0, 0.1) is 24.1 Å². The number of hydrogen-bond donors (Lipinski definition) is 1. The zero-order valence-corrected chi connectivity index (χ0v) is 9.94. The van der Waals surface area contributed by atoms with Gasteiger partial charge in [-0.25, -0.2) is 4.39 Å². The first-order chi connectivity index (χ1) is 8.70. The van der Waals surface area contributed by atoms with Crippen molar-refractivity contribution >= 4 is 5.69 Å². The fourth-order valence-electron chi connectivity index (χ4n) is 1.71. The number of nitriles is 1. The van der Waals surface area contributed by atoms with Crippen LogP contribution in [0.4, 0.5) is 10.1 Å². The first-order valence-electron chi connectivity index (χ1n) is 5.53. The van der Waals surface area contributed by atoms with Gasteiger partial charge in [-0.15, -0.1) is 0 Å². The lowest BCUT2D eigenvalue weighted by molar-refractivity contribution is 0.619. The van der Waals surface area contributed by atoms with E-state index in [2.05, 4.69) is 16.4 Å². The fourth-order valence-corrected chi connectivity index (χ4v) is 1.71. The molecule has 0 aliphatic rings. The summed E-state index contributed by atoms with van der Waals surface area (Å²) < 4.78 is 13.0. The number of aryl methyl sites for hydroxylation is 1. The largest absolute Gasteiger partial charge is 0.380 e. The Kier molecular flexibility index (Phi) is 3.54. The van der Waals surface area contributed by atoms with Crippen molar-refractivity contribution in [3.8, 4) is 6.07 Å². The topological polar surface area (TPSA) is 48.7 Å². The summed E-state index contributed by atoms with van der Waals surface area (Å²) in [5.41, 5.74) is 3.02. The lowest BCUT2D eigenvalue weighted by Crippen LogP contribution is -2.03. The van der Waals surface area contributed by atoms with Crippen molar-refractivity contribution in [2.45, 2.75) is 13.5 Å². The van der Waals surface area contributed by atoms with Crippen LogP contribution in [-0.2, 0) is 6.54 Å². The molecule has 0 aliphatic carbocycles. The van der Waals surface area contributed by atoms with Crippen molar-refractivity contribution in [2.75, 3.05) is 5.32 Å². The molecule has 90 valence electrons. The third-order valence-corrected chi connectivity index (χ3v) is 2.63. The lowest BCUT2D eigenvalue weighted by atomic mass is 10.1. The highest BCUT2D eigenvalue weighted by atomic mass is 19.1. The van der Waals surface area contributed by atoms with Crippen LogP contribution in [-0.4, -0.2) is 4.98 Å². The average molecular weight is 241 g/mol. The van der Waals surface area contributed by atoms with Crippen molar-refractivity contribution in [1.82, 2.24) is 4.98 Å². The Morgan fingerprint density at radius 2 is 2.22 bits per heavy atom. The van der Waals surface area contributed by atoms with Crippen LogP contribution in [0.1, 0.15) is 16.7 Å². The van der Waals surface area contributed by atoms with E-state index in [0.717, 1.165) is 23.0 Å². The van der Waals surface area contributed by atoms with Gasteiger partial charge in [-0.1, -0.05) is 12.1 Å². The second-order valence-corrected chi connectivity index (χ2v) is 3.97. The maximum absolute atomic E-state index is 13.0. The summed E-state index contributed by atoms with van der Waals surface area (Å²) in [6.45, 7) is 2.32. The molecule has 2 rings (SSSR count). The summed E-state index contributed by atoms with van der Waals surface area (Å²) in [6.07, 6.45) is 2.76. The molecule has 18 heavy (non-hydrogen) atoms. The Balaban J connectivity index is 2.16. The first-order valence-corrected chi connectivity index (χ1v) is 5.53. The molecule has 2 aromatic rings. The van der Waals surface area contributed by atoms with E-state index in [1.165, 1.54) is 6.07 Å². The van der Waals surface area contributed by atoms with Gasteiger partial charge in [-0.2, -0.15) is 5.26 Å². The van der Waals surface area contributed by atoms with E-state index >= 15 is 0 Å². The van der Waals surface area contributed by atoms with Gasteiger partial charge in [0.25, 0.3) is 0 Å². The highest BCUT2D eigenvalue weighted by molar-refractivity contribution is 5.60. The van der Waals surface area contributed by atoms with Gasteiger partial charge < -0.3 is 5.32 Å². The quantitative estimate of drug-likeness (QED) is 0.898. The summed E-state index contributed by atoms with van der Waals surface area (Å²) in [5, 5.41) is 12.2. The molecule has 1 aromatic heterocycles. The standard InChI is InChI=1S/C14H12FN3/c1-10-3-2-4-14(13(10)6-16)18-8-11-5-12(15)9-17-7-11/h2-5,7,9,18H,8H2,1H3. The van der Waals surface area contributed by atoms with Gasteiger partial charge in [0.15, 0.2) is 0 Å². The minimum Gasteiger partial charge on any atom is -0.380 e. The third-order valence-electron chi connectivity index (χ3n) is 2.63. The van der Waals surface area contributed by atoms with Crippen LogP contribution >= 0.6 is 0 Å². The lowest BCUT2D eigenvalue weighted by Gasteiger charge is -2.09. The van der Waals surface area contributed by atoms with E-state index in [9.17, 15) is 4.39 Å². The number of aromatic nitrogens is 1. The molecule has 1 heterocycles. The van der Waals surface area contributed by atoms with Gasteiger partial charge in [0.2, 0.25) is 0 Å². The van der Waals surface area contributed by atoms with Crippen molar-refractivity contribution in [3.63, 3.8) is 0 Å². The Morgan fingerprint density at radius 3 is 2.94 bits per heavy atom. The fraction of sp³-hybridized carbons (Fsp3) is 0.143. The number of halogens is 1. The second-order valence-electron chi connectivity index (χ2n) is 3.97. The highest BCUT2D eigenvalue weighted by Gasteiger charge is 2.04. The predicted molar refractivity (Wildman–Crippen MR) is 67.4 cm³/mol. The molecule has 4 heteroatoms. The predicted octanol–water partition coefficient (Wildman–Crippen LogP) is 3.01. The smallest absolute Gasteiger partial charge is 0.141 e. The van der Waals surface area contributed by atoms with Crippen molar-refractivity contribution in [1.29, 1.82) is 5.26 Å². The van der Waals surface area contributed by atoms with E-state index in [4.69, 9.17) is 5.26 Å². The molecule has 0 atom stereocenters. The number of hydrogen-bond acceptors (Lipinski definition) is 3. The van der Waals surface area contributed by atoms with Crippen molar-refractivity contribution in [3.05, 3.63) is 59.2 Å². The summed E-state index contributed by atoms with van der Waals surface area (Å²) in [4.78, 5) is 3.78. The van der Waals surface area contributed by atoms with E-state index in [1.54, 1.807) is 6.20 Å². The molecule has 0 bridgehead atoms. The van der Waals surface area contributed by atoms with Gasteiger partial charge >= 0.3 is 0 Å². The van der Waals surface area contributed by atoms with Crippen molar-refractivity contribution < 1.29 is 4.39 Å². The van der Waals surface area contributed by atoms with E-state index in [-0.39, 0.29) is 5.82 Å². The summed E-state index contributed by atoms with van der Waals surface area (Å²) in [7, 11) is 0. The molecule has 3 nitrogen and oxygen atoms in total. The number of nitrogens with one attached hydrogen (secondary N) is 1. The molecule has 0 fully saturated rings. The monoisotopic (exact) mass is 241 g/mol. The maximum atomic E-state index is 13.0. The number of anilines is 1. The molecule has 1 N–H and O–H groups in total. The Morgan fingerprint density at radius 1 is 1.39 bits per heavy atom. The third kappa shape index (κ3) is 2.64. The van der Waals surface area contributed by atoms with E-state index < -0.39 is 0 Å². The molecular weight excluding hydrogens is 229 g/mol. The summed E-state index contributed by atoms with van der Waals surface area (Å²) >= 11 is 0. The Labute approximate surface area is 105 Å². The Bertz CT molecular complexity index is 602. The van der Waals surface area contributed by atoms with Gasteiger partial charge in [-0.3, -0.25) is 4.98 Å². The Hall–Kier alpha value is -2.41. The minimum atomic E-state index is -0.362. The molecule has 0 saturated heterocycles. The maximum Gasteiger partial charge on any atom is 0.141 e. The van der Waals surface area contributed by atoms with Gasteiger partial charge in [0.1, 0.15) is 11.9 Å². The zero-order valence-electron chi connectivity index (χ0n) is 9.94. The number of benzene rings is 1.